The highest BCUT2D eigenvalue weighted by atomic mass is 19.1. The van der Waals surface area contributed by atoms with Crippen molar-refractivity contribution in [1.29, 1.82) is 0 Å². The molecule has 1 aliphatic heterocycles. The molecule has 2 aromatic rings. The second-order valence-electron chi connectivity index (χ2n) is 8.09. The topological polar surface area (TPSA) is 39.2 Å². The quantitative estimate of drug-likeness (QED) is 0.497. The van der Waals surface area contributed by atoms with Crippen molar-refractivity contribution in [2.24, 2.45) is 23.7 Å². The number of hydrogen-bond donors (Lipinski definition) is 0. The average Bonchev–Trinajstić information content (AvgIpc) is 2.99. The molecule has 0 bridgehead atoms. The van der Waals surface area contributed by atoms with Crippen LogP contribution in [-0.4, -0.2) is 17.1 Å². The van der Waals surface area contributed by atoms with E-state index in [0.717, 1.165) is 23.2 Å². The Hall–Kier alpha value is -2.75. The van der Waals surface area contributed by atoms with Gasteiger partial charge < -0.3 is 4.74 Å². The van der Waals surface area contributed by atoms with Gasteiger partial charge in [-0.05, 0) is 61.9 Å². The standard InChI is InChI=1S/C25H26FNO2/c1-4-21-15(2)12-23-24(16(3)29-25(23)28)22(21)11-10-20-9-8-18(14-27-20)17-6-5-7-19(26)13-17/h5-14,16,21-24H,4H2,1-3H3/b11-10+/t16-,21?,22?,23?,24?/m1/s1. The zero-order valence-electron chi connectivity index (χ0n) is 17.0. The summed E-state index contributed by atoms with van der Waals surface area (Å²) in [4.78, 5) is 16.8. The SMILES string of the molecule is CCC1C(C)=CC2C(=O)O[C@H](C)C2C1/C=C/c1ccc(-c2cccc(F)c2)cn1. The Morgan fingerprint density at radius 2 is 2.03 bits per heavy atom. The van der Waals surface area contributed by atoms with E-state index in [4.69, 9.17) is 4.74 Å². The molecule has 1 aliphatic carbocycles. The van der Waals surface area contributed by atoms with Crippen LogP contribution >= 0.6 is 0 Å². The number of fused-ring (bicyclic) bond motifs is 1. The Morgan fingerprint density at radius 3 is 2.72 bits per heavy atom. The van der Waals surface area contributed by atoms with Gasteiger partial charge in [0.25, 0.3) is 0 Å². The molecule has 4 rings (SSSR count). The summed E-state index contributed by atoms with van der Waals surface area (Å²) in [5.41, 5.74) is 3.81. The first kappa shape index (κ1) is 19.6. The zero-order chi connectivity index (χ0) is 20.5. The van der Waals surface area contributed by atoms with E-state index in [9.17, 15) is 9.18 Å². The van der Waals surface area contributed by atoms with Crippen LogP contribution in [0.1, 0.15) is 32.9 Å². The lowest BCUT2D eigenvalue weighted by Crippen LogP contribution is -2.35. The first-order valence-electron chi connectivity index (χ1n) is 10.3. The Balaban J connectivity index is 1.58. The number of ether oxygens (including phenoxy) is 1. The fraction of sp³-hybridized carbons (Fsp3) is 0.360. The van der Waals surface area contributed by atoms with Crippen molar-refractivity contribution >= 4 is 12.0 Å². The Labute approximate surface area is 171 Å². The highest BCUT2D eigenvalue weighted by molar-refractivity contribution is 5.78. The average molecular weight is 391 g/mol. The summed E-state index contributed by atoms with van der Waals surface area (Å²) in [6.07, 6.45) is 9.06. The second kappa shape index (κ2) is 7.94. The number of cyclic esters (lactones) is 1. The zero-order valence-corrected chi connectivity index (χ0v) is 17.0. The summed E-state index contributed by atoms with van der Waals surface area (Å²) in [5.74, 6) is 0.295. The number of nitrogens with zero attached hydrogens (tertiary/aromatic N) is 1. The van der Waals surface area contributed by atoms with Gasteiger partial charge in [0, 0.05) is 17.7 Å². The van der Waals surface area contributed by atoms with Crippen LogP contribution in [0, 0.1) is 29.5 Å². The minimum absolute atomic E-state index is 0.0798. The van der Waals surface area contributed by atoms with Crippen LogP contribution in [0.3, 0.4) is 0 Å². The van der Waals surface area contributed by atoms with Gasteiger partial charge in [-0.2, -0.15) is 0 Å². The van der Waals surface area contributed by atoms with E-state index >= 15 is 0 Å². The molecular weight excluding hydrogens is 365 g/mol. The molecule has 0 amide bonds. The van der Waals surface area contributed by atoms with E-state index in [0.29, 0.717) is 5.92 Å². The number of pyridine rings is 1. The number of hydrogen-bond acceptors (Lipinski definition) is 3. The number of carbonyl (C=O) groups excluding carboxylic acids is 1. The molecule has 2 aliphatic rings. The summed E-state index contributed by atoms with van der Waals surface area (Å²) >= 11 is 0. The molecule has 4 unspecified atom stereocenters. The van der Waals surface area contributed by atoms with Crippen molar-refractivity contribution in [3.8, 4) is 11.1 Å². The predicted octanol–water partition coefficient (Wildman–Crippen LogP) is 5.68. The fourth-order valence-corrected chi connectivity index (χ4v) is 4.91. The minimum Gasteiger partial charge on any atom is -0.462 e. The van der Waals surface area contributed by atoms with Crippen LogP contribution in [0.5, 0.6) is 0 Å². The van der Waals surface area contributed by atoms with Gasteiger partial charge >= 0.3 is 5.97 Å². The third kappa shape index (κ3) is 3.76. The van der Waals surface area contributed by atoms with Gasteiger partial charge in [-0.3, -0.25) is 9.78 Å². The lowest BCUT2D eigenvalue weighted by Gasteiger charge is -2.36. The molecule has 1 fully saturated rings. The Kier molecular flexibility index (Phi) is 5.35. The molecule has 2 heterocycles. The van der Waals surface area contributed by atoms with Crippen molar-refractivity contribution < 1.29 is 13.9 Å². The smallest absolute Gasteiger partial charge is 0.313 e. The number of rotatable bonds is 4. The molecule has 0 radical (unpaired) electrons. The molecule has 1 aromatic heterocycles. The molecule has 29 heavy (non-hydrogen) atoms. The molecule has 0 spiro atoms. The predicted molar refractivity (Wildman–Crippen MR) is 112 cm³/mol. The molecule has 5 atom stereocenters. The van der Waals surface area contributed by atoms with E-state index in [1.54, 1.807) is 12.3 Å². The summed E-state index contributed by atoms with van der Waals surface area (Å²) in [6.45, 7) is 6.31. The van der Waals surface area contributed by atoms with E-state index in [1.165, 1.54) is 17.7 Å². The Bertz CT molecular complexity index is 963. The lowest BCUT2D eigenvalue weighted by molar-refractivity contribution is -0.142. The van der Waals surface area contributed by atoms with Crippen LogP contribution in [-0.2, 0) is 9.53 Å². The number of allylic oxidation sites excluding steroid dienone is 2. The summed E-state index contributed by atoms with van der Waals surface area (Å²) in [7, 11) is 0. The van der Waals surface area contributed by atoms with Crippen molar-refractivity contribution in [3.05, 3.63) is 71.8 Å². The second-order valence-corrected chi connectivity index (χ2v) is 8.09. The van der Waals surface area contributed by atoms with Crippen LogP contribution in [0.25, 0.3) is 17.2 Å². The maximum Gasteiger partial charge on any atom is 0.313 e. The number of aromatic nitrogens is 1. The van der Waals surface area contributed by atoms with Gasteiger partial charge in [-0.15, -0.1) is 0 Å². The molecule has 0 N–H and O–H groups in total. The number of benzene rings is 1. The summed E-state index contributed by atoms with van der Waals surface area (Å²) < 4.78 is 19.0. The van der Waals surface area contributed by atoms with E-state index in [-0.39, 0.29) is 35.6 Å². The monoisotopic (exact) mass is 391 g/mol. The summed E-state index contributed by atoms with van der Waals surface area (Å²) in [5, 5.41) is 0. The van der Waals surface area contributed by atoms with Gasteiger partial charge in [0.1, 0.15) is 11.9 Å². The lowest BCUT2D eigenvalue weighted by atomic mass is 9.66. The first-order valence-corrected chi connectivity index (χ1v) is 10.3. The van der Waals surface area contributed by atoms with Crippen molar-refractivity contribution in [2.45, 2.75) is 33.3 Å². The highest BCUT2D eigenvalue weighted by Crippen LogP contribution is 2.47. The highest BCUT2D eigenvalue weighted by Gasteiger charge is 2.49. The first-order chi connectivity index (χ1) is 14.0. The fourth-order valence-electron chi connectivity index (χ4n) is 4.91. The molecule has 1 aromatic carbocycles. The molecule has 0 saturated carbocycles. The van der Waals surface area contributed by atoms with Gasteiger partial charge in [-0.1, -0.05) is 42.8 Å². The number of carbonyl (C=O) groups is 1. The maximum atomic E-state index is 13.5. The molecule has 1 saturated heterocycles. The molecule has 150 valence electrons. The van der Waals surface area contributed by atoms with Crippen molar-refractivity contribution in [3.63, 3.8) is 0 Å². The van der Waals surface area contributed by atoms with E-state index in [1.807, 2.05) is 31.2 Å². The molecule has 4 heteroatoms. The van der Waals surface area contributed by atoms with Crippen LogP contribution < -0.4 is 0 Å². The van der Waals surface area contributed by atoms with Gasteiger partial charge in [0.15, 0.2) is 0 Å². The van der Waals surface area contributed by atoms with Crippen molar-refractivity contribution in [2.75, 3.05) is 0 Å². The van der Waals surface area contributed by atoms with Crippen LogP contribution in [0.15, 0.2) is 60.3 Å². The largest absolute Gasteiger partial charge is 0.462 e. The van der Waals surface area contributed by atoms with Crippen LogP contribution in [0.4, 0.5) is 4.39 Å². The van der Waals surface area contributed by atoms with E-state index < -0.39 is 0 Å². The maximum absolute atomic E-state index is 13.5. The number of halogens is 1. The van der Waals surface area contributed by atoms with Gasteiger partial charge in [0.2, 0.25) is 0 Å². The normalized spacial score (nSPS) is 28.9. The number of esters is 1. The molecular formula is C25H26FNO2. The minimum atomic E-state index is -0.255. The molecule has 3 nitrogen and oxygen atoms in total. The van der Waals surface area contributed by atoms with Gasteiger partial charge in [-0.25, -0.2) is 4.39 Å². The third-order valence-corrected chi connectivity index (χ3v) is 6.34. The summed E-state index contributed by atoms with van der Waals surface area (Å²) in [6, 6.07) is 10.4. The third-order valence-electron chi connectivity index (χ3n) is 6.34. The van der Waals surface area contributed by atoms with Crippen LogP contribution in [0.2, 0.25) is 0 Å². The van der Waals surface area contributed by atoms with E-state index in [2.05, 4.69) is 31.0 Å². The van der Waals surface area contributed by atoms with Crippen molar-refractivity contribution in [1.82, 2.24) is 4.98 Å². The van der Waals surface area contributed by atoms with Gasteiger partial charge in [0.05, 0.1) is 11.6 Å². The Morgan fingerprint density at radius 1 is 1.21 bits per heavy atom.